The van der Waals surface area contributed by atoms with E-state index in [0.29, 0.717) is 25.6 Å². The van der Waals surface area contributed by atoms with Crippen molar-refractivity contribution in [1.82, 2.24) is 14.7 Å². The number of likely N-dealkylation sites (N-methyl/N-ethyl adjacent to an activating group) is 1. The van der Waals surface area contributed by atoms with Crippen LogP contribution in [-0.4, -0.2) is 84.2 Å². The van der Waals surface area contributed by atoms with Crippen LogP contribution in [0, 0.1) is 0 Å². The van der Waals surface area contributed by atoms with E-state index in [2.05, 4.69) is 36.0 Å². The van der Waals surface area contributed by atoms with Crippen LogP contribution in [0.25, 0.3) is 0 Å². The average molecular weight is 360 g/mol. The Morgan fingerprint density at radius 3 is 2.58 bits per heavy atom. The smallest absolute Gasteiger partial charge is 0.255 e. The first-order chi connectivity index (χ1) is 12.5. The monoisotopic (exact) mass is 359 g/mol. The lowest BCUT2D eigenvalue weighted by molar-refractivity contribution is -0.160. The van der Waals surface area contributed by atoms with Gasteiger partial charge < -0.3 is 14.9 Å². The molecule has 2 aliphatic heterocycles. The van der Waals surface area contributed by atoms with Gasteiger partial charge in [0.15, 0.2) is 5.60 Å². The summed E-state index contributed by atoms with van der Waals surface area (Å²) in [6.45, 7) is 4.06. The van der Waals surface area contributed by atoms with Crippen LogP contribution in [0.2, 0.25) is 0 Å². The van der Waals surface area contributed by atoms with Crippen LogP contribution in [0.4, 0.5) is 0 Å². The molecular weight excluding hydrogens is 326 g/mol. The Morgan fingerprint density at radius 2 is 1.88 bits per heavy atom. The first-order valence-corrected chi connectivity index (χ1v) is 9.92. The number of hydrogen-bond acceptors (Lipinski definition) is 4. The fourth-order valence-electron chi connectivity index (χ4n) is 4.31. The molecule has 0 spiro atoms. The molecule has 1 N–H and O–H groups in total. The minimum atomic E-state index is -1.23. The summed E-state index contributed by atoms with van der Waals surface area (Å²) in [6.07, 6.45) is 4.50. The third kappa shape index (κ3) is 4.64. The number of rotatable bonds is 6. The molecule has 2 saturated heterocycles. The maximum atomic E-state index is 13.0. The first-order valence-electron chi connectivity index (χ1n) is 9.92. The van der Waals surface area contributed by atoms with Gasteiger partial charge >= 0.3 is 0 Å². The summed E-state index contributed by atoms with van der Waals surface area (Å²) in [5, 5.41) is 11.1. The maximum Gasteiger partial charge on any atom is 0.255 e. The van der Waals surface area contributed by atoms with Gasteiger partial charge in [0.05, 0.1) is 0 Å². The van der Waals surface area contributed by atoms with E-state index < -0.39 is 5.60 Å². The van der Waals surface area contributed by atoms with Gasteiger partial charge in [0.1, 0.15) is 0 Å². The number of carbonyl (C=O) groups excluding carboxylic acids is 1. The van der Waals surface area contributed by atoms with E-state index in [1.165, 1.54) is 5.56 Å². The highest BCUT2D eigenvalue weighted by molar-refractivity contribution is 5.86. The number of piperidine rings is 2. The molecule has 5 nitrogen and oxygen atoms in total. The number of aliphatic hydroxyl groups is 1. The lowest BCUT2D eigenvalue weighted by Crippen LogP contribution is -2.60. The van der Waals surface area contributed by atoms with Gasteiger partial charge in [0.2, 0.25) is 0 Å². The van der Waals surface area contributed by atoms with Crippen LogP contribution < -0.4 is 0 Å². The number of nitrogens with zero attached hydrogens (tertiary/aromatic N) is 3. The Labute approximate surface area is 157 Å². The van der Waals surface area contributed by atoms with Crippen LogP contribution in [0.5, 0.6) is 0 Å². The van der Waals surface area contributed by atoms with E-state index in [4.69, 9.17) is 0 Å². The number of amides is 1. The van der Waals surface area contributed by atoms with E-state index in [-0.39, 0.29) is 5.91 Å². The molecule has 1 amide bonds. The van der Waals surface area contributed by atoms with Crippen LogP contribution in [0.15, 0.2) is 30.3 Å². The zero-order valence-electron chi connectivity index (χ0n) is 16.2. The Hall–Kier alpha value is -1.43. The molecule has 144 valence electrons. The predicted molar refractivity (Wildman–Crippen MR) is 104 cm³/mol. The summed E-state index contributed by atoms with van der Waals surface area (Å²) in [5.41, 5.74) is 0.00500. The average Bonchev–Trinajstić information content (AvgIpc) is 2.64. The molecule has 0 aromatic heterocycles. The zero-order valence-corrected chi connectivity index (χ0v) is 16.2. The van der Waals surface area contributed by atoms with Crippen molar-refractivity contribution in [1.29, 1.82) is 0 Å². The van der Waals surface area contributed by atoms with Gasteiger partial charge in [-0.2, -0.15) is 0 Å². The van der Waals surface area contributed by atoms with Crippen molar-refractivity contribution < 1.29 is 9.90 Å². The largest absolute Gasteiger partial charge is 0.379 e. The molecule has 26 heavy (non-hydrogen) atoms. The molecule has 1 unspecified atom stereocenters. The highest BCUT2D eigenvalue weighted by Gasteiger charge is 2.43. The fraction of sp³-hybridized carbons (Fsp3) is 0.667. The second kappa shape index (κ2) is 8.51. The van der Waals surface area contributed by atoms with Crippen molar-refractivity contribution in [2.24, 2.45) is 0 Å². The fourth-order valence-corrected chi connectivity index (χ4v) is 4.31. The highest BCUT2D eigenvalue weighted by atomic mass is 16.3. The minimum Gasteiger partial charge on any atom is -0.379 e. The van der Waals surface area contributed by atoms with Gasteiger partial charge in [0, 0.05) is 25.7 Å². The Morgan fingerprint density at radius 1 is 1.19 bits per heavy atom. The van der Waals surface area contributed by atoms with Crippen molar-refractivity contribution in [2.75, 3.05) is 46.8 Å². The third-order valence-corrected chi connectivity index (χ3v) is 6.04. The molecule has 1 aromatic carbocycles. The van der Waals surface area contributed by atoms with Crippen LogP contribution in [0.3, 0.4) is 0 Å². The molecule has 0 radical (unpaired) electrons. The van der Waals surface area contributed by atoms with Crippen molar-refractivity contribution in [3.05, 3.63) is 35.9 Å². The molecule has 2 heterocycles. The maximum absolute atomic E-state index is 13.0. The molecular formula is C21H33N3O2. The molecule has 0 saturated carbocycles. The summed E-state index contributed by atoms with van der Waals surface area (Å²) in [4.78, 5) is 19.4. The number of benzene rings is 1. The normalized spacial score (nSPS) is 25.8. The van der Waals surface area contributed by atoms with Gasteiger partial charge in [-0.25, -0.2) is 0 Å². The molecule has 2 aliphatic rings. The minimum absolute atomic E-state index is 0.0838. The summed E-state index contributed by atoms with van der Waals surface area (Å²) < 4.78 is 0. The van der Waals surface area contributed by atoms with E-state index >= 15 is 0 Å². The van der Waals surface area contributed by atoms with E-state index in [9.17, 15) is 9.90 Å². The van der Waals surface area contributed by atoms with E-state index in [1.807, 2.05) is 23.1 Å². The quantitative estimate of drug-likeness (QED) is 0.838. The molecule has 5 heteroatoms. The van der Waals surface area contributed by atoms with Gasteiger partial charge in [-0.1, -0.05) is 30.3 Å². The molecule has 1 atom stereocenters. The lowest BCUT2D eigenvalue weighted by Gasteiger charge is -2.43. The Bertz CT molecular complexity index is 586. The topological polar surface area (TPSA) is 47.0 Å². The predicted octanol–water partition coefficient (Wildman–Crippen LogP) is 1.61. The number of carbonyl (C=O) groups is 1. The molecule has 2 fully saturated rings. The van der Waals surface area contributed by atoms with Gasteiger partial charge in [0.25, 0.3) is 5.91 Å². The first kappa shape index (κ1) is 19.3. The van der Waals surface area contributed by atoms with E-state index in [1.54, 1.807) is 0 Å². The van der Waals surface area contributed by atoms with Crippen LogP contribution in [0.1, 0.15) is 31.2 Å². The third-order valence-electron chi connectivity index (χ3n) is 6.04. The standard InChI is InChI=1S/C21H33N3O2/c1-22-14-10-19(11-15-22)23(2)17-21(26)12-6-13-24(20(21)25)16-9-18-7-4-3-5-8-18/h3-5,7-8,19,26H,6,9-17H2,1-2H3. The molecule has 3 rings (SSSR count). The van der Waals surface area contributed by atoms with E-state index in [0.717, 1.165) is 45.3 Å². The summed E-state index contributed by atoms with van der Waals surface area (Å²) in [7, 11) is 4.21. The summed E-state index contributed by atoms with van der Waals surface area (Å²) >= 11 is 0. The number of hydrogen-bond donors (Lipinski definition) is 1. The van der Waals surface area contributed by atoms with Crippen LogP contribution in [-0.2, 0) is 11.2 Å². The molecule has 0 bridgehead atoms. The summed E-state index contributed by atoms with van der Waals surface area (Å²) in [5.74, 6) is -0.0838. The van der Waals surface area contributed by atoms with Gasteiger partial charge in [-0.3, -0.25) is 9.69 Å². The zero-order chi connectivity index (χ0) is 18.6. The molecule has 1 aromatic rings. The van der Waals surface area contributed by atoms with Crippen molar-refractivity contribution in [2.45, 2.75) is 43.7 Å². The highest BCUT2D eigenvalue weighted by Crippen LogP contribution is 2.26. The molecule has 0 aliphatic carbocycles. The van der Waals surface area contributed by atoms with Gasteiger partial charge in [-0.15, -0.1) is 0 Å². The van der Waals surface area contributed by atoms with Crippen molar-refractivity contribution >= 4 is 5.91 Å². The SMILES string of the molecule is CN1CCC(N(C)CC2(O)CCCN(CCc3ccccc3)C2=O)CC1. The van der Waals surface area contributed by atoms with Crippen molar-refractivity contribution in [3.63, 3.8) is 0 Å². The summed E-state index contributed by atoms with van der Waals surface area (Å²) in [6, 6.07) is 10.7. The second-order valence-electron chi connectivity index (χ2n) is 8.11. The lowest BCUT2D eigenvalue weighted by atomic mass is 9.90. The van der Waals surface area contributed by atoms with Gasteiger partial charge in [-0.05, 0) is 64.9 Å². The van der Waals surface area contributed by atoms with Crippen LogP contribution >= 0.6 is 0 Å². The Balaban J connectivity index is 1.56. The number of likely N-dealkylation sites (tertiary alicyclic amines) is 2. The van der Waals surface area contributed by atoms with Crippen molar-refractivity contribution in [3.8, 4) is 0 Å². The Kier molecular flexibility index (Phi) is 6.33. The second-order valence-corrected chi connectivity index (χ2v) is 8.11.